The zero-order valence-electron chi connectivity index (χ0n) is 11.9. The standard InChI is InChI=1S/C15H26N2O2/c1-12(4-3-9-18)17-15(10-16)14-7-5-13(6-8-14)11-19-2/h5-8,12,15,17-18H,3-4,9-11,16H2,1-2H3. The van der Waals surface area contributed by atoms with Gasteiger partial charge in [0.2, 0.25) is 0 Å². The first-order valence-electron chi connectivity index (χ1n) is 6.86. The Hall–Kier alpha value is -0.940. The van der Waals surface area contributed by atoms with Crippen molar-refractivity contribution in [1.82, 2.24) is 5.32 Å². The molecule has 0 spiro atoms. The fourth-order valence-electron chi connectivity index (χ4n) is 2.14. The number of nitrogens with two attached hydrogens (primary N) is 1. The van der Waals surface area contributed by atoms with E-state index >= 15 is 0 Å². The molecule has 2 unspecified atom stereocenters. The van der Waals surface area contributed by atoms with Gasteiger partial charge in [0.05, 0.1) is 6.61 Å². The highest BCUT2D eigenvalue weighted by atomic mass is 16.5. The summed E-state index contributed by atoms with van der Waals surface area (Å²) in [6, 6.07) is 8.84. The lowest BCUT2D eigenvalue weighted by atomic mass is 10.0. The Kier molecular flexibility index (Phi) is 7.67. The third kappa shape index (κ3) is 5.70. The fraction of sp³-hybridized carbons (Fsp3) is 0.600. The summed E-state index contributed by atoms with van der Waals surface area (Å²) in [6.07, 6.45) is 1.77. The average Bonchev–Trinajstić information content (AvgIpc) is 2.44. The van der Waals surface area contributed by atoms with Crippen molar-refractivity contribution in [1.29, 1.82) is 0 Å². The molecule has 1 aromatic carbocycles. The molecule has 108 valence electrons. The molecule has 0 heterocycles. The van der Waals surface area contributed by atoms with E-state index in [1.165, 1.54) is 5.56 Å². The minimum Gasteiger partial charge on any atom is -0.396 e. The van der Waals surface area contributed by atoms with E-state index in [1.54, 1.807) is 7.11 Å². The van der Waals surface area contributed by atoms with Crippen LogP contribution in [0.5, 0.6) is 0 Å². The number of nitrogens with one attached hydrogen (secondary N) is 1. The molecule has 1 rings (SSSR count). The summed E-state index contributed by atoms with van der Waals surface area (Å²) in [5.74, 6) is 0. The Balaban J connectivity index is 2.58. The van der Waals surface area contributed by atoms with Crippen LogP contribution in [0.1, 0.15) is 36.9 Å². The SMILES string of the molecule is COCc1ccc(C(CN)NC(C)CCCO)cc1. The maximum atomic E-state index is 8.84. The normalized spacial score (nSPS) is 14.3. The van der Waals surface area contributed by atoms with Gasteiger partial charge in [-0.05, 0) is 30.9 Å². The second-order valence-electron chi connectivity index (χ2n) is 4.90. The number of aliphatic hydroxyl groups excluding tert-OH is 1. The van der Waals surface area contributed by atoms with Crippen LogP contribution in [-0.2, 0) is 11.3 Å². The highest BCUT2D eigenvalue weighted by molar-refractivity contribution is 5.25. The van der Waals surface area contributed by atoms with Crippen LogP contribution >= 0.6 is 0 Å². The molecule has 0 saturated carbocycles. The monoisotopic (exact) mass is 266 g/mol. The van der Waals surface area contributed by atoms with E-state index in [4.69, 9.17) is 15.6 Å². The van der Waals surface area contributed by atoms with Gasteiger partial charge in [0, 0.05) is 32.3 Å². The van der Waals surface area contributed by atoms with Crippen LogP contribution in [0.15, 0.2) is 24.3 Å². The highest BCUT2D eigenvalue weighted by Gasteiger charge is 2.12. The molecule has 4 heteroatoms. The van der Waals surface area contributed by atoms with Gasteiger partial charge in [-0.15, -0.1) is 0 Å². The summed E-state index contributed by atoms with van der Waals surface area (Å²) in [6.45, 7) is 3.56. The lowest BCUT2D eigenvalue weighted by molar-refractivity contribution is 0.185. The minimum absolute atomic E-state index is 0.158. The molecule has 2 atom stereocenters. The number of hydrogen-bond acceptors (Lipinski definition) is 4. The van der Waals surface area contributed by atoms with Crippen LogP contribution in [0.2, 0.25) is 0 Å². The molecule has 0 aromatic heterocycles. The van der Waals surface area contributed by atoms with Crippen LogP contribution in [0.4, 0.5) is 0 Å². The maximum absolute atomic E-state index is 8.84. The number of benzene rings is 1. The zero-order chi connectivity index (χ0) is 14.1. The van der Waals surface area contributed by atoms with Gasteiger partial charge < -0.3 is 20.9 Å². The van der Waals surface area contributed by atoms with Crippen molar-refractivity contribution in [2.75, 3.05) is 20.3 Å². The Morgan fingerprint density at radius 2 is 2.00 bits per heavy atom. The molecular weight excluding hydrogens is 240 g/mol. The number of aliphatic hydroxyl groups is 1. The van der Waals surface area contributed by atoms with Crippen molar-refractivity contribution in [2.45, 2.75) is 38.5 Å². The zero-order valence-corrected chi connectivity index (χ0v) is 11.9. The molecule has 0 radical (unpaired) electrons. The summed E-state index contributed by atoms with van der Waals surface area (Å²) in [7, 11) is 1.70. The molecule has 0 amide bonds. The minimum atomic E-state index is 0.158. The molecular formula is C15H26N2O2. The van der Waals surface area contributed by atoms with E-state index in [1.807, 2.05) is 0 Å². The molecule has 4 N–H and O–H groups in total. The van der Waals surface area contributed by atoms with Crippen LogP contribution in [-0.4, -0.2) is 31.4 Å². The van der Waals surface area contributed by atoms with E-state index < -0.39 is 0 Å². The Labute approximate surface area is 116 Å². The average molecular weight is 266 g/mol. The van der Waals surface area contributed by atoms with E-state index in [0.717, 1.165) is 18.4 Å². The lowest BCUT2D eigenvalue weighted by Gasteiger charge is -2.22. The van der Waals surface area contributed by atoms with Gasteiger partial charge in [0.1, 0.15) is 0 Å². The molecule has 4 nitrogen and oxygen atoms in total. The van der Waals surface area contributed by atoms with Gasteiger partial charge in [0.25, 0.3) is 0 Å². The topological polar surface area (TPSA) is 67.5 Å². The number of hydrogen-bond donors (Lipinski definition) is 3. The van der Waals surface area contributed by atoms with Crippen molar-refractivity contribution in [3.05, 3.63) is 35.4 Å². The Morgan fingerprint density at radius 3 is 2.53 bits per heavy atom. The fourth-order valence-corrected chi connectivity index (χ4v) is 2.14. The van der Waals surface area contributed by atoms with Crippen LogP contribution in [0.3, 0.4) is 0 Å². The third-order valence-electron chi connectivity index (χ3n) is 3.21. The first-order chi connectivity index (χ1) is 9.21. The summed E-state index contributed by atoms with van der Waals surface area (Å²) in [5, 5.41) is 12.3. The molecule has 19 heavy (non-hydrogen) atoms. The van der Waals surface area contributed by atoms with Gasteiger partial charge in [-0.25, -0.2) is 0 Å². The summed E-state index contributed by atoms with van der Waals surface area (Å²) in [5.41, 5.74) is 8.20. The highest BCUT2D eigenvalue weighted by Crippen LogP contribution is 2.15. The predicted molar refractivity (Wildman–Crippen MR) is 77.9 cm³/mol. The second kappa shape index (κ2) is 9.04. The third-order valence-corrected chi connectivity index (χ3v) is 3.21. The molecule has 0 fully saturated rings. The Bertz CT molecular complexity index is 341. The number of methoxy groups -OCH3 is 1. The van der Waals surface area contributed by atoms with E-state index in [2.05, 4.69) is 36.5 Å². The van der Waals surface area contributed by atoms with E-state index in [0.29, 0.717) is 19.2 Å². The van der Waals surface area contributed by atoms with Crippen molar-refractivity contribution in [2.24, 2.45) is 5.73 Å². The summed E-state index contributed by atoms with van der Waals surface area (Å²) >= 11 is 0. The molecule has 1 aromatic rings. The van der Waals surface area contributed by atoms with Gasteiger partial charge in [-0.1, -0.05) is 24.3 Å². The number of ether oxygens (including phenoxy) is 1. The predicted octanol–water partition coefficient (Wildman–Crippen LogP) is 1.58. The van der Waals surface area contributed by atoms with Crippen molar-refractivity contribution >= 4 is 0 Å². The van der Waals surface area contributed by atoms with Crippen LogP contribution in [0, 0.1) is 0 Å². The molecule has 0 aliphatic carbocycles. The van der Waals surface area contributed by atoms with Crippen LogP contribution < -0.4 is 11.1 Å². The van der Waals surface area contributed by atoms with E-state index in [-0.39, 0.29) is 12.6 Å². The summed E-state index contributed by atoms with van der Waals surface area (Å²) < 4.78 is 5.10. The summed E-state index contributed by atoms with van der Waals surface area (Å²) in [4.78, 5) is 0. The molecule has 0 aliphatic heterocycles. The number of rotatable bonds is 9. The quantitative estimate of drug-likeness (QED) is 0.635. The first-order valence-corrected chi connectivity index (χ1v) is 6.86. The van der Waals surface area contributed by atoms with Gasteiger partial charge in [-0.3, -0.25) is 0 Å². The Morgan fingerprint density at radius 1 is 1.32 bits per heavy atom. The lowest BCUT2D eigenvalue weighted by Crippen LogP contribution is -2.35. The molecule has 0 saturated heterocycles. The second-order valence-corrected chi connectivity index (χ2v) is 4.90. The first kappa shape index (κ1) is 16.1. The van der Waals surface area contributed by atoms with Crippen molar-refractivity contribution < 1.29 is 9.84 Å². The largest absolute Gasteiger partial charge is 0.396 e. The maximum Gasteiger partial charge on any atom is 0.0713 e. The van der Waals surface area contributed by atoms with Gasteiger partial charge in [-0.2, -0.15) is 0 Å². The smallest absolute Gasteiger partial charge is 0.0713 e. The molecule has 0 aliphatic rings. The van der Waals surface area contributed by atoms with Crippen molar-refractivity contribution in [3.8, 4) is 0 Å². The van der Waals surface area contributed by atoms with Crippen LogP contribution in [0.25, 0.3) is 0 Å². The van der Waals surface area contributed by atoms with Gasteiger partial charge in [0.15, 0.2) is 0 Å². The van der Waals surface area contributed by atoms with Gasteiger partial charge >= 0.3 is 0 Å². The molecule has 0 bridgehead atoms. The van der Waals surface area contributed by atoms with Crippen molar-refractivity contribution in [3.63, 3.8) is 0 Å². The van der Waals surface area contributed by atoms with E-state index in [9.17, 15) is 0 Å².